The zero-order valence-electron chi connectivity index (χ0n) is 11.6. The molecule has 0 aromatic heterocycles. The fourth-order valence-electron chi connectivity index (χ4n) is 1.50. The number of hydrogen-bond donors (Lipinski definition) is 2. The van der Waals surface area contributed by atoms with Crippen LogP contribution in [0.15, 0.2) is 58.3 Å². The SMILES string of the molecule is C[S+](c1ccccc1)c1cc(O)ccc1O.F[P-](F)(F)(F)(F)F. The van der Waals surface area contributed by atoms with Crippen LogP contribution in [0.25, 0.3) is 0 Å². The fourth-order valence-corrected chi connectivity index (χ4v) is 3.00. The fraction of sp³-hybridized carbons (Fsp3) is 0.0769. The third kappa shape index (κ3) is 9.20. The van der Waals surface area contributed by atoms with Crippen molar-refractivity contribution in [3.8, 4) is 11.5 Å². The first-order valence-electron chi connectivity index (χ1n) is 5.93. The quantitative estimate of drug-likeness (QED) is 0.285. The van der Waals surface area contributed by atoms with Gasteiger partial charge in [0, 0.05) is 6.07 Å². The van der Waals surface area contributed by atoms with Crippen LogP contribution >= 0.6 is 7.81 Å². The zero-order chi connectivity index (χ0) is 18.0. The van der Waals surface area contributed by atoms with Crippen LogP contribution in [0.1, 0.15) is 0 Å². The number of benzene rings is 2. The number of phenols is 2. The van der Waals surface area contributed by atoms with E-state index in [9.17, 15) is 35.4 Å². The third-order valence-electron chi connectivity index (χ3n) is 2.37. The summed E-state index contributed by atoms with van der Waals surface area (Å²) >= 11 is 0. The van der Waals surface area contributed by atoms with Gasteiger partial charge in [0.2, 0.25) is 4.90 Å². The van der Waals surface area contributed by atoms with Crippen LogP contribution in [0.3, 0.4) is 0 Å². The molecule has 0 radical (unpaired) electrons. The van der Waals surface area contributed by atoms with Crippen molar-refractivity contribution < 1.29 is 35.4 Å². The first-order valence-corrected chi connectivity index (χ1v) is 9.59. The summed E-state index contributed by atoms with van der Waals surface area (Å²) in [5.41, 5.74) is 0. The molecule has 0 spiro atoms. The molecule has 0 aliphatic heterocycles. The van der Waals surface area contributed by atoms with Gasteiger partial charge in [0.05, 0.1) is 10.9 Å². The van der Waals surface area contributed by atoms with Gasteiger partial charge in [-0.1, -0.05) is 18.2 Å². The zero-order valence-corrected chi connectivity index (χ0v) is 13.3. The molecule has 1 atom stereocenters. The van der Waals surface area contributed by atoms with E-state index in [2.05, 4.69) is 0 Å². The topological polar surface area (TPSA) is 40.5 Å². The maximum atomic E-state index is 9.87. The van der Waals surface area contributed by atoms with Gasteiger partial charge in [-0.3, -0.25) is 0 Å². The monoisotopic (exact) mass is 378 g/mol. The number of phenolic OH excluding ortho intramolecular Hbond substituents is 2. The van der Waals surface area contributed by atoms with Crippen molar-refractivity contribution in [2.45, 2.75) is 9.79 Å². The van der Waals surface area contributed by atoms with Crippen LogP contribution in [-0.4, -0.2) is 16.5 Å². The Kier molecular flexibility index (Phi) is 4.90. The van der Waals surface area contributed by atoms with E-state index in [1.807, 2.05) is 36.6 Å². The average molecular weight is 378 g/mol. The molecule has 0 amide bonds. The van der Waals surface area contributed by atoms with Crippen molar-refractivity contribution in [2.24, 2.45) is 0 Å². The third-order valence-corrected chi connectivity index (χ3v) is 4.34. The molecule has 2 rings (SSSR count). The van der Waals surface area contributed by atoms with Crippen LogP contribution in [0, 0.1) is 0 Å². The minimum atomic E-state index is -10.7. The molecule has 0 heterocycles. The molecule has 0 fully saturated rings. The predicted octanol–water partition coefficient (Wildman–Crippen LogP) is 6.15. The summed E-state index contributed by atoms with van der Waals surface area (Å²) in [6.45, 7) is 0. The molecule has 0 saturated carbocycles. The summed E-state index contributed by atoms with van der Waals surface area (Å²) in [5.74, 6) is 0.413. The van der Waals surface area contributed by atoms with Crippen molar-refractivity contribution in [3.05, 3.63) is 48.5 Å². The van der Waals surface area contributed by atoms with E-state index in [1.165, 1.54) is 12.1 Å². The normalized spacial score (nSPS) is 15.6. The Hall–Kier alpha value is -1.60. The van der Waals surface area contributed by atoms with E-state index in [0.29, 0.717) is 0 Å². The van der Waals surface area contributed by atoms with Gasteiger partial charge < -0.3 is 10.2 Å². The van der Waals surface area contributed by atoms with Gasteiger partial charge in [-0.05, 0) is 24.3 Å². The maximum absolute atomic E-state index is 10.7. The van der Waals surface area contributed by atoms with Crippen LogP contribution in [0.5, 0.6) is 11.5 Å². The summed E-state index contributed by atoms with van der Waals surface area (Å²) < 4.78 is 59.2. The van der Waals surface area contributed by atoms with Gasteiger partial charge >= 0.3 is 33.0 Å². The first-order chi connectivity index (χ1) is 10.1. The Balaban J connectivity index is 0.000000322. The predicted molar refractivity (Wildman–Crippen MR) is 79.6 cm³/mol. The number of aromatic hydroxyl groups is 2. The molecule has 23 heavy (non-hydrogen) atoms. The van der Waals surface area contributed by atoms with Gasteiger partial charge in [-0.25, -0.2) is 0 Å². The summed E-state index contributed by atoms with van der Waals surface area (Å²) in [4.78, 5) is 1.91. The van der Waals surface area contributed by atoms with E-state index < -0.39 is 7.81 Å². The molecular weight excluding hydrogens is 365 g/mol. The van der Waals surface area contributed by atoms with E-state index in [4.69, 9.17) is 0 Å². The second kappa shape index (κ2) is 5.79. The molecule has 0 saturated heterocycles. The average Bonchev–Trinajstić information content (AvgIpc) is 2.38. The Morgan fingerprint density at radius 1 is 0.826 bits per heavy atom. The molecule has 2 nitrogen and oxygen atoms in total. The van der Waals surface area contributed by atoms with E-state index in [0.717, 1.165) is 9.79 Å². The van der Waals surface area contributed by atoms with E-state index in [1.54, 1.807) is 6.07 Å². The molecular formula is C13H13F6O2PS. The first kappa shape index (κ1) is 19.4. The standard InChI is InChI=1S/C13H12O2S.F6P/c1-16(11-5-3-2-4-6-11)13-9-10(14)7-8-12(13)15;1-7(2,3,4,5)6/h2-9H,1H3,(H-,14,15);/q;-1/p+1. The Labute approximate surface area is 131 Å². The van der Waals surface area contributed by atoms with Crippen molar-refractivity contribution in [1.29, 1.82) is 0 Å². The molecule has 0 bridgehead atoms. The molecule has 1 unspecified atom stereocenters. The second-order valence-corrected chi connectivity index (χ2v) is 8.28. The molecule has 0 aliphatic carbocycles. The van der Waals surface area contributed by atoms with Gasteiger partial charge in [-0.15, -0.1) is 0 Å². The Morgan fingerprint density at radius 2 is 1.30 bits per heavy atom. The van der Waals surface area contributed by atoms with E-state index >= 15 is 0 Å². The summed E-state index contributed by atoms with van der Waals surface area (Å²) in [6.07, 6.45) is 2.03. The van der Waals surface area contributed by atoms with Crippen LogP contribution in [0.4, 0.5) is 25.2 Å². The number of halogens is 6. The molecule has 130 valence electrons. The van der Waals surface area contributed by atoms with Crippen LogP contribution < -0.4 is 0 Å². The van der Waals surface area contributed by atoms with Crippen LogP contribution in [0.2, 0.25) is 0 Å². The van der Waals surface area contributed by atoms with Gasteiger partial charge in [0.25, 0.3) is 0 Å². The molecule has 10 heteroatoms. The second-order valence-electron chi connectivity index (χ2n) is 4.43. The Bertz CT molecular complexity index is 664. The summed E-state index contributed by atoms with van der Waals surface area (Å²) in [7, 11) is -10.9. The van der Waals surface area contributed by atoms with Crippen molar-refractivity contribution >= 4 is 18.7 Å². The molecule has 2 aromatic rings. The van der Waals surface area contributed by atoms with Gasteiger partial charge in [0.1, 0.15) is 12.0 Å². The molecule has 2 N–H and O–H groups in total. The number of rotatable bonds is 2. The van der Waals surface area contributed by atoms with Crippen molar-refractivity contribution in [2.75, 3.05) is 6.26 Å². The number of hydrogen-bond acceptors (Lipinski definition) is 2. The summed E-state index contributed by atoms with van der Waals surface area (Å²) in [5, 5.41) is 19.2. The summed E-state index contributed by atoms with van der Waals surface area (Å²) in [6, 6.07) is 14.6. The van der Waals surface area contributed by atoms with E-state index in [-0.39, 0.29) is 22.4 Å². The Morgan fingerprint density at radius 3 is 1.78 bits per heavy atom. The van der Waals surface area contributed by atoms with Gasteiger partial charge in [-0.2, -0.15) is 0 Å². The van der Waals surface area contributed by atoms with Crippen molar-refractivity contribution in [3.63, 3.8) is 0 Å². The molecule has 0 aliphatic rings. The van der Waals surface area contributed by atoms with Crippen molar-refractivity contribution in [1.82, 2.24) is 0 Å². The molecule has 2 aromatic carbocycles. The minimum absolute atomic E-state index is 0.183. The van der Waals surface area contributed by atoms with Gasteiger partial charge in [0.15, 0.2) is 10.6 Å². The van der Waals surface area contributed by atoms with Crippen LogP contribution in [-0.2, 0) is 10.9 Å².